The van der Waals surface area contributed by atoms with Crippen molar-refractivity contribution in [2.75, 3.05) is 28.4 Å². The van der Waals surface area contributed by atoms with Crippen molar-refractivity contribution in [3.63, 3.8) is 0 Å². The number of methoxy groups -OCH3 is 4. The third kappa shape index (κ3) is 5.54. The quantitative estimate of drug-likeness (QED) is 0.732. The van der Waals surface area contributed by atoms with Crippen LogP contribution in [0.1, 0.15) is 18.1 Å². The molecule has 1 unspecified atom stereocenters. The van der Waals surface area contributed by atoms with Gasteiger partial charge in [0.15, 0.2) is 23.0 Å². The van der Waals surface area contributed by atoms with Crippen molar-refractivity contribution in [2.45, 2.75) is 25.8 Å². The van der Waals surface area contributed by atoms with Crippen LogP contribution in [0.3, 0.4) is 0 Å². The van der Waals surface area contributed by atoms with Gasteiger partial charge in [-0.05, 0) is 48.7 Å². The second kappa shape index (κ2) is 9.71. The van der Waals surface area contributed by atoms with Crippen molar-refractivity contribution in [1.29, 1.82) is 0 Å². The molecule has 1 N–H and O–H groups in total. The third-order valence-corrected chi connectivity index (χ3v) is 4.21. The number of nitrogens with one attached hydrogen (secondary N) is 1. The van der Waals surface area contributed by atoms with Gasteiger partial charge in [-0.3, -0.25) is 4.79 Å². The molecule has 0 fully saturated rings. The van der Waals surface area contributed by atoms with Gasteiger partial charge in [0.1, 0.15) is 0 Å². The Bertz CT molecular complexity index is 775. The molecule has 0 aliphatic heterocycles. The molecular formula is C21H27NO5. The van der Waals surface area contributed by atoms with E-state index in [1.807, 2.05) is 37.3 Å². The summed E-state index contributed by atoms with van der Waals surface area (Å²) in [6, 6.07) is 11.2. The number of rotatable bonds is 9. The van der Waals surface area contributed by atoms with E-state index >= 15 is 0 Å². The molecule has 2 aromatic carbocycles. The third-order valence-electron chi connectivity index (χ3n) is 4.21. The predicted octanol–water partition coefficient (Wildman–Crippen LogP) is 3.01. The maximum absolute atomic E-state index is 12.4. The number of carbonyl (C=O) groups excluding carboxylic acids is 1. The van der Waals surface area contributed by atoms with Gasteiger partial charge in [-0.2, -0.15) is 0 Å². The zero-order chi connectivity index (χ0) is 19.8. The number of ether oxygens (including phenoxy) is 4. The van der Waals surface area contributed by atoms with Crippen LogP contribution < -0.4 is 24.3 Å². The van der Waals surface area contributed by atoms with Crippen LogP contribution in [0, 0.1) is 0 Å². The summed E-state index contributed by atoms with van der Waals surface area (Å²) in [5.74, 6) is 2.57. The van der Waals surface area contributed by atoms with E-state index in [-0.39, 0.29) is 18.4 Å². The van der Waals surface area contributed by atoms with Crippen LogP contribution in [0.15, 0.2) is 36.4 Å². The van der Waals surface area contributed by atoms with Crippen LogP contribution in [-0.2, 0) is 17.6 Å². The minimum absolute atomic E-state index is 0.0178. The Morgan fingerprint density at radius 3 is 1.81 bits per heavy atom. The fourth-order valence-corrected chi connectivity index (χ4v) is 2.91. The molecule has 0 aromatic heterocycles. The van der Waals surface area contributed by atoms with Gasteiger partial charge in [-0.25, -0.2) is 0 Å². The number of carbonyl (C=O) groups is 1. The summed E-state index contributed by atoms with van der Waals surface area (Å²) in [5, 5.41) is 3.03. The van der Waals surface area contributed by atoms with E-state index in [9.17, 15) is 4.79 Å². The van der Waals surface area contributed by atoms with Crippen LogP contribution in [0.5, 0.6) is 23.0 Å². The van der Waals surface area contributed by atoms with Crippen LogP contribution in [0.25, 0.3) is 0 Å². The summed E-state index contributed by atoms with van der Waals surface area (Å²) >= 11 is 0. The van der Waals surface area contributed by atoms with E-state index in [1.165, 1.54) is 0 Å². The summed E-state index contributed by atoms with van der Waals surface area (Å²) in [6.07, 6.45) is 0.967. The monoisotopic (exact) mass is 373 g/mol. The van der Waals surface area contributed by atoms with E-state index in [0.717, 1.165) is 11.1 Å². The lowest BCUT2D eigenvalue weighted by molar-refractivity contribution is -0.121. The maximum atomic E-state index is 12.4. The van der Waals surface area contributed by atoms with Crippen LogP contribution >= 0.6 is 0 Å². The smallest absolute Gasteiger partial charge is 0.224 e. The topological polar surface area (TPSA) is 66.0 Å². The fourth-order valence-electron chi connectivity index (χ4n) is 2.91. The number of amides is 1. The minimum atomic E-state index is -0.0461. The molecule has 0 saturated heterocycles. The first kappa shape index (κ1) is 20.4. The average Bonchev–Trinajstić information content (AvgIpc) is 2.67. The Morgan fingerprint density at radius 1 is 0.815 bits per heavy atom. The molecule has 0 bridgehead atoms. The van der Waals surface area contributed by atoms with Crippen molar-refractivity contribution >= 4 is 5.91 Å². The molecule has 1 amide bonds. The highest BCUT2D eigenvalue weighted by molar-refractivity contribution is 5.79. The van der Waals surface area contributed by atoms with E-state index in [4.69, 9.17) is 18.9 Å². The molecule has 0 aliphatic carbocycles. The van der Waals surface area contributed by atoms with Crippen LogP contribution in [0.4, 0.5) is 0 Å². The molecule has 0 spiro atoms. The number of hydrogen-bond donors (Lipinski definition) is 1. The molecule has 0 saturated carbocycles. The van der Waals surface area contributed by atoms with E-state index in [0.29, 0.717) is 29.4 Å². The lowest BCUT2D eigenvalue weighted by Crippen LogP contribution is -2.35. The summed E-state index contributed by atoms with van der Waals surface area (Å²) in [4.78, 5) is 12.4. The molecule has 0 radical (unpaired) electrons. The van der Waals surface area contributed by atoms with Gasteiger partial charge in [0.25, 0.3) is 0 Å². The first-order valence-corrected chi connectivity index (χ1v) is 8.71. The molecule has 146 valence electrons. The zero-order valence-corrected chi connectivity index (χ0v) is 16.5. The molecule has 2 aromatic rings. The molecule has 2 rings (SSSR count). The van der Waals surface area contributed by atoms with Crippen LogP contribution in [-0.4, -0.2) is 40.4 Å². The largest absolute Gasteiger partial charge is 0.493 e. The number of benzene rings is 2. The highest BCUT2D eigenvalue weighted by Crippen LogP contribution is 2.28. The van der Waals surface area contributed by atoms with Gasteiger partial charge >= 0.3 is 0 Å². The van der Waals surface area contributed by atoms with Gasteiger partial charge in [0, 0.05) is 6.04 Å². The Balaban J connectivity index is 1.95. The van der Waals surface area contributed by atoms with Crippen LogP contribution in [0.2, 0.25) is 0 Å². The molecule has 0 heterocycles. The van der Waals surface area contributed by atoms with Gasteiger partial charge in [-0.1, -0.05) is 12.1 Å². The predicted molar refractivity (Wildman–Crippen MR) is 104 cm³/mol. The summed E-state index contributed by atoms with van der Waals surface area (Å²) in [6.45, 7) is 1.98. The van der Waals surface area contributed by atoms with E-state index in [2.05, 4.69) is 5.32 Å². The zero-order valence-electron chi connectivity index (χ0n) is 16.5. The van der Waals surface area contributed by atoms with Gasteiger partial charge in [0.05, 0.1) is 34.9 Å². The Morgan fingerprint density at radius 2 is 1.30 bits per heavy atom. The Labute approximate surface area is 160 Å². The molecule has 6 heteroatoms. The normalized spacial score (nSPS) is 11.4. The molecule has 6 nitrogen and oxygen atoms in total. The molecule has 27 heavy (non-hydrogen) atoms. The summed E-state index contributed by atoms with van der Waals surface area (Å²) in [5.41, 5.74) is 1.93. The van der Waals surface area contributed by atoms with Gasteiger partial charge in [-0.15, -0.1) is 0 Å². The SMILES string of the molecule is COc1ccc(CC(=O)NC(C)Cc2ccc(OC)c(OC)c2)cc1OC. The minimum Gasteiger partial charge on any atom is -0.493 e. The van der Waals surface area contributed by atoms with Gasteiger partial charge in [0.2, 0.25) is 5.91 Å². The van der Waals surface area contributed by atoms with Gasteiger partial charge < -0.3 is 24.3 Å². The summed E-state index contributed by atoms with van der Waals surface area (Å²) in [7, 11) is 6.37. The highest BCUT2D eigenvalue weighted by atomic mass is 16.5. The lowest BCUT2D eigenvalue weighted by Gasteiger charge is -2.16. The Kier molecular flexibility index (Phi) is 7.34. The second-order valence-electron chi connectivity index (χ2n) is 6.23. The van der Waals surface area contributed by atoms with Crippen molar-refractivity contribution in [1.82, 2.24) is 5.32 Å². The molecule has 0 aliphatic rings. The van der Waals surface area contributed by atoms with Crippen molar-refractivity contribution < 1.29 is 23.7 Å². The second-order valence-corrected chi connectivity index (χ2v) is 6.23. The van der Waals surface area contributed by atoms with E-state index < -0.39 is 0 Å². The average molecular weight is 373 g/mol. The first-order valence-electron chi connectivity index (χ1n) is 8.71. The van der Waals surface area contributed by atoms with Crippen molar-refractivity contribution in [3.05, 3.63) is 47.5 Å². The Hall–Kier alpha value is -2.89. The number of hydrogen-bond acceptors (Lipinski definition) is 5. The first-order chi connectivity index (χ1) is 13.0. The maximum Gasteiger partial charge on any atom is 0.224 e. The van der Waals surface area contributed by atoms with E-state index in [1.54, 1.807) is 34.5 Å². The summed E-state index contributed by atoms with van der Waals surface area (Å²) < 4.78 is 21.1. The lowest BCUT2D eigenvalue weighted by atomic mass is 10.1. The molecule has 1 atom stereocenters. The van der Waals surface area contributed by atoms with Crippen molar-refractivity contribution in [3.8, 4) is 23.0 Å². The standard InChI is InChI=1S/C21H27NO5/c1-14(10-15-6-8-17(24-2)19(11-15)26-4)22-21(23)13-16-7-9-18(25-3)20(12-16)27-5/h6-9,11-12,14H,10,13H2,1-5H3,(H,22,23). The fraction of sp³-hybridized carbons (Fsp3) is 0.381. The highest BCUT2D eigenvalue weighted by Gasteiger charge is 2.12. The van der Waals surface area contributed by atoms with Crippen molar-refractivity contribution in [2.24, 2.45) is 0 Å². The molecular weight excluding hydrogens is 346 g/mol.